The molecule has 0 heterocycles. The van der Waals surface area contributed by atoms with E-state index >= 15 is 0 Å². The molecule has 150 valence electrons. The molecule has 2 aromatic rings. The Morgan fingerprint density at radius 2 is 1.41 bits per heavy atom. The van der Waals surface area contributed by atoms with Crippen molar-refractivity contribution in [2.45, 2.75) is 51.2 Å². The van der Waals surface area contributed by atoms with E-state index in [-0.39, 0.29) is 17.8 Å². The lowest BCUT2D eigenvalue weighted by Crippen LogP contribution is -2.45. The van der Waals surface area contributed by atoms with Gasteiger partial charge in [-0.3, -0.25) is 4.79 Å². The van der Waals surface area contributed by atoms with Crippen LogP contribution in [0.3, 0.4) is 0 Å². The number of halogens is 1. The molecule has 0 aliphatic heterocycles. The first-order chi connectivity index (χ1) is 12.4. The van der Waals surface area contributed by atoms with Crippen LogP contribution in [0.1, 0.15) is 44.7 Å². The molecule has 0 radical (unpaired) electrons. The maximum Gasteiger partial charge on any atom is 0.300 e. The first-order valence-corrected chi connectivity index (χ1v) is 9.04. The van der Waals surface area contributed by atoms with Crippen LogP contribution in [0.15, 0.2) is 60.7 Å². The third kappa shape index (κ3) is 6.98. The monoisotopic (exact) mass is 393 g/mol. The van der Waals surface area contributed by atoms with Gasteiger partial charge in [0.2, 0.25) is 0 Å². The number of benzene rings is 2. The van der Waals surface area contributed by atoms with Crippen LogP contribution in [-0.4, -0.2) is 35.4 Å². The van der Waals surface area contributed by atoms with E-state index in [1.807, 2.05) is 19.2 Å². The van der Waals surface area contributed by atoms with Crippen molar-refractivity contribution < 1.29 is 15.0 Å². The van der Waals surface area contributed by atoms with Gasteiger partial charge in [-0.05, 0) is 37.9 Å². The van der Waals surface area contributed by atoms with E-state index in [0.717, 1.165) is 19.8 Å². The Hall–Kier alpha value is -1.88. The van der Waals surface area contributed by atoms with Crippen molar-refractivity contribution in [3.8, 4) is 0 Å². The third-order valence-electron chi connectivity index (χ3n) is 4.65. The predicted octanol–water partition coefficient (Wildman–Crippen LogP) is 4.25. The van der Waals surface area contributed by atoms with Crippen molar-refractivity contribution in [1.29, 1.82) is 0 Å². The molecule has 0 fully saturated rings. The highest BCUT2D eigenvalue weighted by Crippen LogP contribution is 2.41. The van der Waals surface area contributed by atoms with Crippen molar-refractivity contribution in [2.24, 2.45) is 0 Å². The Morgan fingerprint density at radius 3 is 1.70 bits per heavy atom. The summed E-state index contributed by atoms with van der Waals surface area (Å²) >= 11 is 0. The minimum Gasteiger partial charge on any atom is -0.481 e. The van der Waals surface area contributed by atoms with Crippen LogP contribution in [0.5, 0.6) is 0 Å². The van der Waals surface area contributed by atoms with Gasteiger partial charge in [-0.15, -0.1) is 12.4 Å². The van der Waals surface area contributed by atoms with Crippen molar-refractivity contribution >= 4 is 18.4 Å². The Labute approximate surface area is 169 Å². The molecule has 2 aromatic carbocycles. The molecular weight excluding hydrogens is 362 g/mol. The summed E-state index contributed by atoms with van der Waals surface area (Å²) in [6.45, 7) is 5.30. The first-order valence-electron chi connectivity index (χ1n) is 9.04. The fourth-order valence-corrected chi connectivity index (χ4v) is 3.33. The Kier molecular flexibility index (Phi) is 11.6. The van der Waals surface area contributed by atoms with Crippen LogP contribution in [0.25, 0.3) is 0 Å². The molecule has 0 spiro atoms. The largest absolute Gasteiger partial charge is 0.481 e. The summed E-state index contributed by atoms with van der Waals surface area (Å²) in [5, 5.41) is 21.7. The van der Waals surface area contributed by atoms with Gasteiger partial charge in [0.1, 0.15) is 0 Å². The van der Waals surface area contributed by atoms with Gasteiger partial charge >= 0.3 is 0 Å². The molecule has 0 aliphatic rings. The zero-order valence-electron chi connectivity index (χ0n) is 16.6. The molecule has 5 heteroatoms. The molecule has 3 N–H and O–H groups in total. The van der Waals surface area contributed by atoms with Crippen molar-refractivity contribution in [2.75, 3.05) is 7.05 Å². The lowest BCUT2D eigenvalue weighted by Gasteiger charge is -2.41. The molecule has 0 bridgehead atoms. The number of rotatable bonds is 7. The molecule has 0 aliphatic carbocycles. The van der Waals surface area contributed by atoms with Gasteiger partial charge in [0.25, 0.3) is 5.97 Å². The number of carboxylic acids is 1. The Balaban J connectivity index is 0.00000123. The summed E-state index contributed by atoms with van der Waals surface area (Å²) in [6, 6.07) is 21.1. The highest BCUT2D eigenvalue weighted by atomic mass is 35.5. The summed E-state index contributed by atoms with van der Waals surface area (Å²) in [7, 11) is 1.98. The maximum absolute atomic E-state index is 11.0. The summed E-state index contributed by atoms with van der Waals surface area (Å²) in [5.41, 5.74) is 1.97. The number of hydrogen-bond donors (Lipinski definition) is 3. The number of aliphatic hydroxyl groups is 1. The second kappa shape index (κ2) is 12.5. The van der Waals surface area contributed by atoms with Crippen LogP contribution in [0.2, 0.25) is 0 Å². The van der Waals surface area contributed by atoms with Crippen LogP contribution in [-0.2, 0) is 10.2 Å². The Bertz CT molecular complexity index is 606. The third-order valence-corrected chi connectivity index (χ3v) is 4.65. The quantitative estimate of drug-likeness (QED) is 0.657. The lowest BCUT2D eigenvalue weighted by molar-refractivity contribution is -0.134. The Morgan fingerprint density at radius 1 is 1.04 bits per heavy atom. The van der Waals surface area contributed by atoms with E-state index < -0.39 is 12.1 Å². The molecule has 0 saturated heterocycles. The molecule has 27 heavy (non-hydrogen) atoms. The van der Waals surface area contributed by atoms with E-state index in [1.165, 1.54) is 11.1 Å². The van der Waals surface area contributed by atoms with Crippen LogP contribution < -0.4 is 5.32 Å². The van der Waals surface area contributed by atoms with Gasteiger partial charge in [0.15, 0.2) is 0 Å². The zero-order valence-corrected chi connectivity index (χ0v) is 17.4. The van der Waals surface area contributed by atoms with Crippen LogP contribution in [0.4, 0.5) is 0 Å². The van der Waals surface area contributed by atoms with Gasteiger partial charge in [0.05, 0.1) is 6.10 Å². The molecule has 2 rings (SSSR count). The van der Waals surface area contributed by atoms with E-state index in [9.17, 15) is 5.11 Å². The van der Waals surface area contributed by atoms with E-state index in [0.29, 0.717) is 6.04 Å². The number of carboxylic acid groups (broad SMARTS) is 1. The molecule has 4 nitrogen and oxygen atoms in total. The number of nitrogens with one attached hydrogen (secondary N) is 1. The standard InChI is InChI=1S/C20H27NO.C2H4O2.ClH/c1-4-19(22)20(15-16(2)21-3,17-11-7-5-8-12-17)18-13-9-6-10-14-18;1-2(3)4;/h5-14,16,19,21-22H,4,15H2,1-3H3;1H3,(H,3,4);1H. The van der Waals surface area contributed by atoms with Crippen molar-refractivity contribution in [3.63, 3.8) is 0 Å². The fourth-order valence-electron chi connectivity index (χ4n) is 3.33. The molecule has 0 saturated carbocycles. The predicted molar refractivity (Wildman–Crippen MR) is 114 cm³/mol. The summed E-state index contributed by atoms with van der Waals surface area (Å²) in [4.78, 5) is 9.00. The number of carbonyl (C=O) groups is 1. The van der Waals surface area contributed by atoms with Gasteiger partial charge in [-0.2, -0.15) is 0 Å². The average Bonchev–Trinajstić information content (AvgIpc) is 2.66. The van der Waals surface area contributed by atoms with Crippen molar-refractivity contribution in [1.82, 2.24) is 5.32 Å². The second-order valence-electron chi connectivity index (χ2n) is 6.54. The van der Waals surface area contributed by atoms with Crippen LogP contribution >= 0.6 is 12.4 Å². The van der Waals surface area contributed by atoms with Gasteiger partial charge in [-0.25, -0.2) is 0 Å². The SMILES string of the molecule is CC(=O)O.CCC(O)C(CC(C)NC)(c1ccccc1)c1ccccc1.Cl. The first kappa shape index (κ1) is 25.1. The lowest BCUT2D eigenvalue weighted by atomic mass is 9.66. The molecule has 0 aromatic heterocycles. The minimum absolute atomic E-state index is 0. The molecule has 0 amide bonds. The number of hydrogen-bond acceptors (Lipinski definition) is 3. The molecule has 2 atom stereocenters. The van der Waals surface area contributed by atoms with Gasteiger partial charge < -0.3 is 15.5 Å². The molecular formula is C22H32ClNO3. The summed E-state index contributed by atoms with van der Waals surface area (Å²) in [5.74, 6) is -0.833. The van der Waals surface area contributed by atoms with Gasteiger partial charge in [0, 0.05) is 18.4 Å². The maximum atomic E-state index is 11.0. The highest BCUT2D eigenvalue weighted by Gasteiger charge is 2.41. The fraction of sp³-hybridized carbons (Fsp3) is 0.409. The smallest absolute Gasteiger partial charge is 0.300 e. The molecule has 2 unspecified atom stereocenters. The highest BCUT2D eigenvalue weighted by molar-refractivity contribution is 5.85. The average molecular weight is 394 g/mol. The van der Waals surface area contributed by atoms with E-state index in [1.54, 1.807) is 0 Å². The second-order valence-corrected chi connectivity index (χ2v) is 6.54. The summed E-state index contributed by atoms with van der Waals surface area (Å²) < 4.78 is 0. The zero-order chi connectivity index (χ0) is 19.6. The number of aliphatic carboxylic acids is 1. The van der Waals surface area contributed by atoms with Gasteiger partial charge in [-0.1, -0.05) is 67.6 Å². The van der Waals surface area contributed by atoms with Crippen molar-refractivity contribution in [3.05, 3.63) is 71.8 Å². The minimum atomic E-state index is -0.833. The van der Waals surface area contributed by atoms with Crippen LogP contribution in [0, 0.1) is 0 Å². The topological polar surface area (TPSA) is 69.6 Å². The van der Waals surface area contributed by atoms with E-state index in [4.69, 9.17) is 9.90 Å². The van der Waals surface area contributed by atoms with E-state index in [2.05, 4.69) is 67.7 Å². The summed E-state index contributed by atoms with van der Waals surface area (Å²) in [6.07, 6.45) is 1.15. The number of aliphatic hydroxyl groups excluding tert-OH is 1. The normalized spacial score (nSPS) is 12.8.